The Hall–Kier alpha value is -2.27. The summed E-state index contributed by atoms with van der Waals surface area (Å²) in [6.45, 7) is 1.81. The van der Waals surface area contributed by atoms with Crippen molar-refractivity contribution in [2.24, 2.45) is 0 Å². The maximum atomic E-state index is 11.5. The molecule has 1 aromatic heterocycles. The third kappa shape index (κ3) is 13.7. The first-order valence-electron chi connectivity index (χ1n) is 13.7. The molecule has 1 fully saturated rings. The van der Waals surface area contributed by atoms with Gasteiger partial charge in [-0.25, -0.2) is 4.79 Å². The lowest BCUT2D eigenvalue weighted by molar-refractivity contribution is -0.137. The number of anilines is 1. The Labute approximate surface area is 220 Å². The van der Waals surface area contributed by atoms with Crippen molar-refractivity contribution >= 4 is 11.8 Å². The number of hydrogen-bond acceptors (Lipinski definition) is 8. The highest BCUT2D eigenvalue weighted by Crippen LogP contribution is 2.27. The van der Waals surface area contributed by atoms with Crippen LogP contribution in [0.3, 0.4) is 0 Å². The fraction of sp³-hybridized carbons (Fsp3) is 0.741. The highest BCUT2D eigenvalue weighted by atomic mass is 16.6. The molecule has 0 bridgehead atoms. The molecule has 0 aliphatic carbocycles. The molecule has 0 unspecified atom stereocenters. The van der Waals surface area contributed by atoms with E-state index in [-0.39, 0.29) is 5.82 Å². The predicted octanol–water partition coefficient (Wildman–Crippen LogP) is 3.55. The van der Waals surface area contributed by atoms with Gasteiger partial charge in [0.25, 0.3) is 0 Å². The van der Waals surface area contributed by atoms with Crippen molar-refractivity contribution in [1.29, 1.82) is 0 Å². The molecule has 37 heavy (non-hydrogen) atoms. The van der Waals surface area contributed by atoms with E-state index in [1.54, 1.807) is 0 Å². The molecule has 0 amide bonds. The van der Waals surface area contributed by atoms with Crippen molar-refractivity contribution in [3.8, 4) is 0 Å². The summed E-state index contributed by atoms with van der Waals surface area (Å²) in [6.07, 6.45) is 18.0. The van der Waals surface area contributed by atoms with Crippen LogP contribution < -0.4 is 11.4 Å². The van der Waals surface area contributed by atoms with Crippen LogP contribution in [0.2, 0.25) is 0 Å². The Kier molecular flexibility index (Phi) is 17.5. The Bertz CT molecular complexity index is 830. The topological polar surface area (TPSA) is 168 Å². The van der Waals surface area contributed by atoms with Gasteiger partial charge < -0.3 is 30.9 Å². The molecule has 4 atom stereocenters. The molecular formula is C27H47N3O7. The smallest absolute Gasteiger partial charge is 0.351 e. The van der Waals surface area contributed by atoms with Gasteiger partial charge in [-0.3, -0.25) is 9.36 Å². The van der Waals surface area contributed by atoms with Gasteiger partial charge in [-0.2, -0.15) is 4.98 Å². The van der Waals surface area contributed by atoms with Gasteiger partial charge in [-0.1, -0.05) is 70.4 Å². The molecule has 2 heterocycles. The Morgan fingerprint density at radius 1 is 1.00 bits per heavy atom. The van der Waals surface area contributed by atoms with Crippen molar-refractivity contribution in [2.75, 3.05) is 12.3 Å². The van der Waals surface area contributed by atoms with Gasteiger partial charge in [-0.05, 0) is 38.2 Å². The quantitative estimate of drug-likeness (QED) is 0.151. The zero-order valence-electron chi connectivity index (χ0n) is 22.2. The molecule has 0 aromatic carbocycles. The summed E-state index contributed by atoms with van der Waals surface area (Å²) < 4.78 is 6.19. The van der Waals surface area contributed by atoms with Crippen LogP contribution in [0, 0.1) is 0 Å². The zero-order valence-corrected chi connectivity index (χ0v) is 22.2. The van der Waals surface area contributed by atoms with Gasteiger partial charge >= 0.3 is 11.7 Å². The number of nitrogens with two attached hydrogens (primary N) is 1. The van der Waals surface area contributed by atoms with E-state index in [2.05, 4.69) is 24.1 Å². The zero-order chi connectivity index (χ0) is 27.5. The summed E-state index contributed by atoms with van der Waals surface area (Å²) in [7, 11) is 0. The van der Waals surface area contributed by atoms with E-state index < -0.39 is 42.8 Å². The summed E-state index contributed by atoms with van der Waals surface area (Å²) >= 11 is 0. The van der Waals surface area contributed by atoms with Crippen molar-refractivity contribution in [1.82, 2.24) is 9.55 Å². The van der Waals surface area contributed by atoms with Crippen LogP contribution in [0.25, 0.3) is 0 Å². The minimum Gasteiger partial charge on any atom is -0.481 e. The first-order valence-corrected chi connectivity index (χ1v) is 13.7. The number of nitrogen functional groups attached to an aromatic ring is 1. The first kappa shape index (κ1) is 32.8. The normalized spacial score (nSPS) is 21.2. The first-order chi connectivity index (χ1) is 17.8. The van der Waals surface area contributed by atoms with E-state index in [1.165, 1.54) is 82.9 Å². The van der Waals surface area contributed by atoms with Crippen LogP contribution in [0.1, 0.15) is 103 Å². The van der Waals surface area contributed by atoms with Crippen molar-refractivity contribution in [2.45, 2.75) is 121 Å². The molecule has 212 valence electrons. The third-order valence-electron chi connectivity index (χ3n) is 6.30. The Morgan fingerprint density at radius 2 is 1.57 bits per heavy atom. The highest BCUT2D eigenvalue weighted by Gasteiger charge is 2.43. The molecule has 1 saturated heterocycles. The van der Waals surface area contributed by atoms with E-state index in [1.807, 2.05) is 0 Å². The molecule has 1 aromatic rings. The number of carbonyl (C=O) groups is 1. The number of unbranched alkanes of at least 4 members (excludes halogenated alkanes) is 11. The molecule has 0 saturated carbocycles. The number of aliphatic hydroxyl groups is 3. The van der Waals surface area contributed by atoms with Crippen LogP contribution >= 0.6 is 0 Å². The molecule has 2 rings (SSSR count). The number of hydrogen-bond donors (Lipinski definition) is 5. The molecule has 0 radical (unpaired) electrons. The summed E-state index contributed by atoms with van der Waals surface area (Å²) in [5.41, 5.74) is 4.63. The SMILES string of the molecule is CCCCCCCC/C=C/CCCCCCCC(=O)O.Nc1ccn([C@@H]2O[C@H](CO)[C@@H](O)[C@@H]2O)c(=O)n1. The summed E-state index contributed by atoms with van der Waals surface area (Å²) in [6, 6.07) is 1.37. The number of rotatable bonds is 17. The maximum Gasteiger partial charge on any atom is 0.351 e. The average molecular weight is 526 g/mol. The number of aliphatic hydroxyl groups excluding tert-OH is 3. The molecular weight excluding hydrogens is 478 g/mol. The molecule has 1 aliphatic rings. The number of allylic oxidation sites excluding steroid dienone is 2. The Balaban J connectivity index is 0.000000373. The predicted molar refractivity (Wildman–Crippen MR) is 143 cm³/mol. The highest BCUT2D eigenvalue weighted by molar-refractivity contribution is 5.66. The molecule has 0 spiro atoms. The van der Waals surface area contributed by atoms with Crippen molar-refractivity contribution in [3.05, 3.63) is 34.9 Å². The van der Waals surface area contributed by atoms with Crippen LogP contribution in [0.15, 0.2) is 29.2 Å². The lowest BCUT2D eigenvalue weighted by Gasteiger charge is -2.16. The van der Waals surface area contributed by atoms with Gasteiger partial charge in [0.2, 0.25) is 0 Å². The van der Waals surface area contributed by atoms with E-state index in [0.717, 1.165) is 17.4 Å². The van der Waals surface area contributed by atoms with E-state index in [4.69, 9.17) is 20.7 Å². The number of carboxylic acids is 1. The second-order valence-corrected chi connectivity index (χ2v) is 9.50. The van der Waals surface area contributed by atoms with Crippen molar-refractivity contribution in [3.63, 3.8) is 0 Å². The number of aliphatic carboxylic acids is 1. The average Bonchev–Trinajstić information content (AvgIpc) is 3.15. The van der Waals surface area contributed by atoms with Crippen LogP contribution in [-0.4, -0.2) is 60.9 Å². The standard InChI is InChI=1S/C18H34O2.C9H13N3O5/c1-2-3-4-5-6-7-8-9-10-11-12-13-14-15-16-17-18(19)20;10-5-1-2-12(9(16)11-5)8-7(15)6(14)4(3-13)17-8/h9-10H,2-8,11-17H2,1H3,(H,19,20);1-2,4,6-8,13-15H,3H2,(H2,10,11,16)/b10-9+;/t;4-,6-,7+,8-/m.1/s1. The van der Waals surface area contributed by atoms with E-state index in [9.17, 15) is 19.8 Å². The molecule has 1 aliphatic heterocycles. The number of carboxylic acid groups (broad SMARTS) is 1. The number of ether oxygens (including phenoxy) is 1. The minimum atomic E-state index is -1.31. The van der Waals surface area contributed by atoms with Crippen LogP contribution in [0.5, 0.6) is 0 Å². The minimum absolute atomic E-state index is 0.0537. The van der Waals surface area contributed by atoms with Gasteiger partial charge in [0, 0.05) is 12.6 Å². The summed E-state index contributed by atoms with van der Waals surface area (Å²) in [5.74, 6) is -0.611. The monoisotopic (exact) mass is 525 g/mol. The van der Waals surface area contributed by atoms with Gasteiger partial charge in [0.05, 0.1) is 6.61 Å². The Morgan fingerprint density at radius 3 is 2.08 bits per heavy atom. The third-order valence-corrected chi connectivity index (χ3v) is 6.30. The van der Waals surface area contributed by atoms with Crippen molar-refractivity contribution < 1.29 is 30.0 Å². The summed E-state index contributed by atoms with van der Waals surface area (Å²) in [5, 5.41) is 36.7. The molecule has 10 heteroatoms. The van der Waals surface area contributed by atoms with Gasteiger partial charge in [0.1, 0.15) is 24.1 Å². The maximum absolute atomic E-state index is 11.5. The summed E-state index contributed by atoms with van der Waals surface area (Å²) in [4.78, 5) is 25.3. The number of nitrogens with zero attached hydrogens (tertiary/aromatic N) is 2. The van der Waals surface area contributed by atoms with Gasteiger partial charge in [-0.15, -0.1) is 0 Å². The second kappa shape index (κ2) is 19.8. The fourth-order valence-corrected chi connectivity index (χ4v) is 4.08. The molecule has 10 nitrogen and oxygen atoms in total. The molecule has 6 N–H and O–H groups in total. The van der Waals surface area contributed by atoms with Gasteiger partial charge in [0.15, 0.2) is 6.23 Å². The van der Waals surface area contributed by atoms with E-state index in [0.29, 0.717) is 6.42 Å². The fourth-order valence-electron chi connectivity index (χ4n) is 4.08. The van der Waals surface area contributed by atoms with E-state index >= 15 is 0 Å². The van der Waals surface area contributed by atoms with Crippen LogP contribution in [0.4, 0.5) is 5.82 Å². The largest absolute Gasteiger partial charge is 0.481 e. The van der Waals surface area contributed by atoms with Crippen LogP contribution in [-0.2, 0) is 9.53 Å². The number of aromatic nitrogens is 2. The lowest BCUT2D eigenvalue weighted by atomic mass is 10.1. The lowest BCUT2D eigenvalue weighted by Crippen LogP contribution is -2.36. The second-order valence-electron chi connectivity index (χ2n) is 9.50.